The molecule has 23 heavy (non-hydrogen) atoms. The van der Waals surface area contributed by atoms with Gasteiger partial charge in [-0.05, 0) is 43.3 Å². The molecule has 120 valence electrons. The van der Waals surface area contributed by atoms with Gasteiger partial charge in [0.05, 0.1) is 0 Å². The number of nitrogens with one attached hydrogen (secondary N) is 1. The number of nitrogens with two attached hydrogens (primary N) is 1. The lowest BCUT2D eigenvalue weighted by Gasteiger charge is -2.14. The molecular weight excluding hydrogens is 298 g/mol. The summed E-state index contributed by atoms with van der Waals surface area (Å²) in [7, 11) is 1.71. The zero-order valence-electron chi connectivity index (χ0n) is 12.8. The highest BCUT2D eigenvalue weighted by molar-refractivity contribution is 5.98. The fourth-order valence-electron chi connectivity index (χ4n) is 1.91. The van der Waals surface area contributed by atoms with Crippen LogP contribution in [-0.2, 0) is 16.6 Å². The van der Waals surface area contributed by atoms with Gasteiger partial charge in [0.1, 0.15) is 5.69 Å². The quantitative estimate of drug-likeness (QED) is 0.812. The SMILES string of the molecule is C[C@@H](OC(=O)c1cccn1C)C(=O)Nc1ccc(C(N)=O)cc1. The zero-order valence-corrected chi connectivity index (χ0v) is 12.8. The molecule has 1 aromatic carbocycles. The predicted octanol–water partition coefficient (Wildman–Crippen LogP) is 1.31. The number of aryl methyl sites for hydroxylation is 1. The predicted molar refractivity (Wildman–Crippen MR) is 83.9 cm³/mol. The van der Waals surface area contributed by atoms with Crippen molar-refractivity contribution in [2.45, 2.75) is 13.0 Å². The van der Waals surface area contributed by atoms with E-state index in [9.17, 15) is 14.4 Å². The minimum absolute atomic E-state index is 0.339. The molecule has 7 nitrogen and oxygen atoms in total. The van der Waals surface area contributed by atoms with Gasteiger partial charge in [0.2, 0.25) is 5.91 Å². The highest BCUT2D eigenvalue weighted by Gasteiger charge is 2.20. The lowest BCUT2D eigenvalue weighted by Crippen LogP contribution is -2.30. The summed E-state index contributed by atoms with van der Waals surface area (Å²) >= 11 is 0. The Hall–Kier alpha value is -3.09. The highest BCUT2D eigenvalue weighted by Crippen LogP contribution is 2.11. The summed E-state index contributed by atoms with van der Waals surface area (Å²) in [6.45, 7) is 1.48. The molecule has 0 spiro atoms. The number of nitrogens with zero attached hydrogens (tertiary/aromatic N) is 1. The Morgan fingerprint density at radius 3 is 2.35 bits per heavy atom. The molecule has 0 saturated heterocycles. The van der Waals surface area contributed by atoms with Crippen molar-refractivity contribution in [1.82, 2.24) is 4.57 Å². The monoisotopic (exact) mass is 315 g/mol. The summed E-state index contributed by atoms with van der Waals surface area (Å²) in [4.78, 5) is 35.0. The van der Waals surface area contributed by atoms with Crippen LogP contribution in [0.3, 0.4) is 0 Å². The Morgan fingerprint density at radius 1 is 1.17 bits per heavy atom. The first-order valence-corrected chi connectivity index (χ1v) is 6.91. The number of carbonyl (C=O) groups is 3. The average molecular weight is 315 g/mol. The van der Waals surface area contributed by atoms with E-state index in [1.54, 1.807) is 42.1 Å². The standard InChI is InChI=1S/C16H17N3O4/c1-10(23-16(22)13-4-3-9-19(13)2)15(21)18-12-7-5-11(6-8-12)14(17)20/h3-10H,1-2H3,(H2,17,20)(H,18,21)/t10-/m1/s1. The summed E-state index contributed by atoms with van der Waals surface area (Å²) < 4.78 is 6.73. The lowest BCUT2D eigenvalue weighted by molar-refractivity contribution is -0.123. The van der Waals surface area contributed by atoms with Crippen LogP contribution in [-0.4, -0.2) is 28.5 Å². The maximum Gasteiger partial charge on any atom is 0.355 e. The molecule has 0 saturated carbocycles. The van der Waals surface area contributed by atoms with Crippen LogP contribution >= 0.6 is 0 Å². The molecule has 0 unspecified atom stereocenters. The van der Waals surface area contributed by atoms with Gasteiger partial charge in [-0.15, -0.1) is 0 Å². The Kier molecular flexibility index (Phi) is 4.80. The Labute approximate surface area is 133 Å². The van der Waals surface area contributed by atoms with Crippen LogP contribution in [0.2, 0.25) is 0 Å². The third-order valence-corrected chi connectivity index (χ3v) is 3.24. The number of esters is 1. The third kappa shape index (κ3) is 3.97. The molecule has 3 N–H and O–H groups in total. The third-order valence-electron chi connectivity index (χ3n) is 3.24. The first kappa shape index (κ1) is 16.3. The number of anilines is 1. The fraction of sp³-hybridized carbons (Fsp3) is 0.188. The number of rotatable bonds is 5. The van der Waals surface area contributed by atoms with Gasteiger partial charge >= 0.3 is 5.97 Å². The number of benzene rings is 1. The second kappa shape index (κ2) is 6.78. The van der Waals surface area contributed by atoms with E-state index in [-0.39, 0.29) is 0 Å². The normalized spacial score (nSPS) is 11.6. The van der Waals surface area contributed by atoms with E-state index in [0.717, 1.165) is 0 Å². The van der Waals surface area contributed by atoms with Crippen LogP contribution < -0.4 is 11.1 Å². The van der Waals surface area contributed by atoms with Gasteiger partial charge in [0, 0.05) is 24.5 Å². The van der Waals surface area contributed by atoms with Crippen molar-refractivity contribution >= 4 is 23.5 Å². The summed E-state index contributed by atoms with van der Waals surface area (Å²) in [6, 6.07) is 9.40. The molecule has 0 bridgehead atoms. The smallest absolute Gasteiger partial charge is 0.355 e. The second-order valence-electron chi connectivity index (χ2n) is 4.98. The van der Waals surface area contributed by atoms with Crippen molar-refractivity contribution in [3.05, 3.63) is 53.9 Å². The molecule has 0 aliphatic carbocycles. The van der Waals surface area contributed by atoms with Crippen LogP contribution in [0, 0.1) is 0 Å². The van der Waals surface area contributed by atoms with Gasteiger partial charge in [-0.1, -0.05) is 0 Å². The molecule has 0 aliphatic rings. The van der Waals surface area contributed by atoms with Crippen molar-refractivity contribution in [1.29, 1.82) is 0 Å². The summed E-state index contributed by atoms with van der Waals surface area (Å²) in [5.74, 6) is -1.60. The van der Waals surface area contributed by atoms with Crippen LogP contribution in [0.15, 0.2) is 42.6 Å². The van der Waals surface area contributed by atoms with Gasteiger partial charge in [-0.25, -0.2) is 4.79 Å². The van der Waals surface area contributed by atoms with Gasteiger partial charge in [-0.3, -0.25) is 9.59 Å². The number of carbonyl (C=O) groups excluding carboxylic acids is 3. The van der Waals surface area contributed by atoms with Gasteiger partial charge in [-0.2, -0.15) is 0 Å². The Balaban J connectivity index is 1.96. The Bertz CT molecular complexity index is 734. The van der Waals surface area contributed by atoms with E-state index in [1.807, 2.05) is 0 Å². The molecule has 0 radical (unpaired) electrons. The first-order valence-electron chi connectivity index (χ1n) is 6.91. The summed E-state index contributed by atoms with van der Waals surface area (Å²) in [5, 5.41) is 2.60. The van der Waals surface area contributed by atoms with Crippen molar-refractivity contribution in [2.75, 3.05) is 5.32 Å². The van der Waals surface area contributed by atoms with Crippen molar-refractivity contribution < 1.29 is 19.1 Å². The second-order valence-corrected chi connectivity index (χ2v) is 4.98. The van der Waals surface area contributed by atoms with Crippen LogP contribution in [0.25, 0.3) is 0 Å². The van der Waals surface area contributed by atoms with Crippen LogP contribution in [0.4, 0.5) is 5.69 Å². The molecule has 0 aliphatic heterocycles. The molecule has 2 aromatic rings. The number of primary amides is 1. The number of aromatic nitrogens is 1. The topological polar surface area (TPSA) is 103 Å². The maximum absolute atomic E-state index is 12.0. The van der Waals surface area contributed by atoms with E-state index in [0.29, 0.717) is 16.9 Å². The summed E-state index contributed by atoms with van der Waals surface area (Å²) in [5.41, 5.74) is 6.31. The van der Waals surface area contributed by atoms with Crippen LogP contribution in [0.1, 0.15) is 27.8 Å². The largest absolute Gasteiger partial charge is 0.448 e. The molecule has 2 rings (SSSR count). The molecule has 1 heterocycles. The van der Waals surface area contributed by atoms with E-state index in [1.165, 1.54) is 19.1 Å². The van der Waals surface area contributed by atoms with E-state index in [4.69, 9.17) is 10.5 Å². The minimum Gasteiger partial charge on any atom is -0.448 e. The molecule has 1 aromatic heterocycles. The Morgan fingerprint density at radius 2 is 1.83 bits per heavy atom. The van der Waals surface area contributed by atoms with Crippen molar-refractivity contribution in [3.8, 4) is 0 Å². The van der Waals surface area contributed by atoms with Gasteiger partial charge < -0.3 is 20.4 Å². The maximum atomic E-state index is 12.0. The molecule has 7 heteroatoms. The van der Waals surface area contributed by atoms with E-state index >= 15 is 0 Å². The first-order chi connectivity index (χ1) is 10.9. The average Bonchev–Trinajstić information content (AvgIpc) is 2.93. The fourth-order valence-corrected chi connectivity index (χ4v) is 1.91. The van der Waals surface area contributed by atoms with Crippen LogP contribution in [0.5, 0.6) is 0 Å². The number of hydrogen-bond acceptors (Lipinski definition) is 4. The van der Waals surface area contributed by atoms with E-state index in [2.05, 4.69) is 5.32 Å². The van der Waals surface area contributed by atoms with Crippen molar-refractivity contribution in [2.24, 2.45) is 12.8 Å². The highest BCUT2D eigenvalue weighted by atomic mass is 16.5. The molecule has 1 atom stereocenters. The molecule has 2 amide bonds. The van der Waals surface area contributed by atoms with Crippen molar-refractivity contribution in [3.63, 3.8) is 0 Å². The number of hydrogen-bond donors (Lipinski definition) is 2. The number of ether oxygens (including phenoxy) is 1. The summed E-state index contributed by atoms with van der Waals surface area (Å²) in [6.07, 6.45) is 0.745. The molecular formula is C16H17N3O4. The lowest BCUT2D eigenvalue weighted by atomic mass is 10.2. The zero-order chi connectivity index (χ0) is 17.0. The van der Waals surface area contributed by atoms with E-state index < -0.39 is 23.9 Å². The number of amides is 2. The molecule has 0 fully saturated rings. The van der Waals surface area contributed by atoms with Gasteiger partial charge in [0.15, 0.2) is 6.10 Å². The van der Waals surface area contributed by atoms with Gasteiger partial charge in [0.25, 0.3) is 5.91 Å². The minimum atomic E-state index is -0.965.